The van der Waals surface area contributed by atoms with Crippen molar-refractivity contribution in [1.29, 1.82) is 0 Å². The summed E-state index contributed by atoms with van der Waals surface area (Å²) in [5.74, 6) is 5.92. The predicted octanol–water partition coefficient (Wildman–Crippen LogP) is 3.46. The van der Waals surface area contributed by atoms with Crippen molar-refractivity contribution in [2.75, 3.05) is 0 Å². The lowest BCUT2D eigenvalue weighted by atomic mass is 9.74. The Morgan fingerprint density at radius 3 is 2.48 bits per heavy atom. The topological polar surface area (TPSA) is 55.9 Å². The van der Waals surface area contributed by atoms with Gasteiger partial charge in [0, 0.05) is 19.0 Å². The van der Waals surface area contributed by atoms with Gasteiger partial charge in [0.2, 0.25) is 0 Å². The number of aromatic nitrogens is 2. The summed E-state index contributed by atoms with van der Waals surface area (Å²) in [4.78, 5) is 0. The van der Waals surface area contributed by atoms with E-state index in [1.807, 2.05) is 4.68 Å². The number of hydrogen-bond donors (Lipinski definition) is 2. The smallest absolute Gasteiger partial charge is 0.0850 e. The predicted molar refractivity (Wildman–Crippen MR) is 88.3 cm³/mol. The van der Waals surface area contributed by atoms with Gasteiger partial charge in [-0.05, 0) is 38.0 Å². The summed E-state index contributed by atoms with van der Waals surface area (Å²) >= 11 is 6.55. The molecule has 0 aromatic carbocycles. The molecule has 1 fully saturated rings. The first-order valence-corrected chi connectivity index (χ1v) is 8.69. The molecule has 0 amide bonds. The highest BCUT2D eigenvalue weighted by Gasteiger charge is 2.40. The highest BCUT2D eigenvalue weighted by Crippen LogP contribution is 2.45. The van der Waals surface area contributed by atoms with Crippen molar-refractivity contribution in [3.8, 4) is 0 Å². The van der Waals surface area contributed by atoms with E-state index in [0.717, 1.165) is 35.8 Å². The minimum absolute atomic E-state index is 0.272. The van der Waals surface area contributed by atoms with Gasteiger partial charge in [0.1, 0.15) is 0 Å². The van der Waals surface area contributed by atoms with Gasteiger partial charge in [-0.25, -0.2) is 0 Å². The monoisotopic (exact) mass is 312 g/mol. The number of nitrogens with zero attached hydrogens (tertiary/aromatic N) is 2. The fraction of sp³-hybridized carbons (Fsp3) is 0.812. The number of hydrazine groups is 1. The summed E-state index contributed by atoms with van der Waals surface area (Å²) in [6.45, 7) is 7.35. The van der Waals surface area contributed by atoms with E-state index in [1.165, 1.54) is 32.1 Å². The maximum absolute atomic E-state index is 6.55. The van der Waals surface area contributed by atoms with Gasteiger partial charge in [-0.2, -0.15) is 5.10 Å². The average Bonchev–Trinajstić information content (AvgIpc) is 3.10. The number of rotatable bonds is 7. The molecule has 1 aromatic heterocycles. The van der Waals surface area contributed by atoms with Crippen molar-refractivity contribution in [3.63, 3.8) is 0 Å². The van der Waals surface area contributed by atoms with Gasteiger partial charge < -0.3 is 0 Å². The molecule has 1 saturated carbocycles. The molecule has 2 rings (SSSR count). The molecule has 0 spiro atoms. The Hall–Kier alpha value is -0.580. The lowest BCUT2D eigenvalue weighted by Gasteiger charge is -2.36. The van der Waals surface area contributed by atoms with Crippen molar-refractivity contribution in [3.05, 3.63) is 16.4 Å². The SMILES string of the molecule is CCc1nn(CC)c(CC(NN)C2(CC)CCCC2)c1Cl. The Morgan fingerprint density at radius 2 is 2.00 bits per heavy atom. The minimum atomic E-state index is 0.272. The third-order valence-corrected chi connectivity index (χ3v) is 5.77. The Bertz CT molecular complexity index is 463. The third-order valence-electron chi connectivity index (χ3n) is 5.34. The highest BCUT2D eigenvalue weighted by molar-refractivity contribution is 6.31. The minimum Gasteiger partial charge on any atom is -0.271 e. The van der Waals surface area contributed by atoms with E-state index >= 15 is 0 Å². The van der Waals surface area contributed by atoms with Crippen LogP contribution in [0.4, 0.5) is 0 Å². The average molecular weight is 313 g/mol. The molecular formula is C16H29ClN4. The summed E-state index contributed by atoms with van der Waals surface area (Å²) in [5.41, 5.74) is 5.54. The molecule has 1 heterocycles. The second-order valence-electron chi connectivity index (χ2n) is 6.22. The van der Waals surface area contributed by atoms with Crippen LogP contribution >= 0.6 is 11.6 Å². The zero-order valence-electron chi connectivity index (χ0n) is 13.6. The number of aryl methyl sites for hydroxylation is 2. The molecule has 1 aliphatic carbocycles. The maximum Gasteiger partial charge on any atom is 0.0850 e. The van der Waals surface area contributed by atoms with Crippen molar-refractivity contribution in [2.45, 2.75) is 78.3 Å². The Balaban J connectivity index is 2.28. The van der Waals surface area contributed by atoms with Gasteiger partial charge in [0.25, 0.3) is 0 Å². The molecule has 4 nitrogen and oxygen atoms in total. The molecule has 0 radical (unpaired) electrons. The van der Waals surface area contributed by atoms with E-state index in [9.17, 15) is 0 Å². The van der Waals surface area contributed by atoms with Crippen molar-refractivity contribution in [2.24, 2.45) is 11.3 Å². The van der Waals surface area contributed by atoms with Crippen LogP contribution in [0.2, 0.25) is 5.02 Å². The second kappa shape index (κ2) is 7.12. The van der Waals surface area contributed by atoms with Crippen LogP contribution in [-0.4, -0.2) is 15.8 Å². The zero-order valence-corrected chi connectivity index (χ0v) is 14.3. The van der Waals surface area contributed by atoms with Crippen molar-refractivity contribution < 1.29 is 0 Å². The fourth-order valence-corrected chi connectivity index (χ4v) is 4.23. The van der Waals surface area contributed by atoms with Gasteiger partial charge in [-0.15, -0.1) is 0 Å². The molecule has 1 aliphatic rings. The van der Waals surface area contributed by atoms with Gasteiger partial charge in [0.05, 0.1) is 16.4 Å². The molecule has 21 heavy (non-hydrogen) atoms. The first-order valence-electron chi connectivity index (χ1n) is 8.32. The van der Waals surface area contributed by atoms with Crippen LogP contribution in [-0.2, 0) is 19.4 Å². The molecule has 3 N–H and O–H groups in total. The first kappa shape index (κ1) is 16.8. The van der Waals surface area contributed by atoms with Crippen LogP contribution in [0.1, 0.15) is 64.3 Å². The number of hydrogen-bond acceptors (Lipinski definition) is 3. The summed E-state index contributed by atoms with van der Waals surface area (Å²) in [6.07, 6.45) is 8.05. The molecule has 1 aromatic rings. The standard InChI is InChI=1S/C16H29ClN4/c1-4-12-15(17)13(21(6-3)20-12)11-14(19-18)16(5-2)9-7-8-10-16/h14,19H,4-11,18H2,1-3H3. The van der Waals surface area contributed by atoms with E-state index < -0.39 is 0 Å². The van der Waals surface area contributed by atoms with Crippen LogP contribution in [0.5, 0.6) is 0 Å². The Kier molecular flexibility index (Phi) is 5.69. The van der Waals surface area contributed by atoms with Crippen LogP contribution in [0, 0.1) is 5.41 Å². The third kappa shape index (κ3) is 3.13. The van der Waals surface area contributed by atoms with Crippen LogP contribution in [0.15, 0.2) is 0 Å². The van der Waals surface area contributed by atoms with Crippen LogP contribution in [0.3, 0.4) is 0 Å². The largest absolute Gasteiger partial charge is 0.271 e. The lowest BCUT2D eigenvalue weighted by molar-refractivity contribution is 0.183. The van der Waals surface area contributed by atoms with Gasteiger partial charge in [0.15, 0.2) is 0 Å². The van der Waals surface area contributed by atoms with E-state index in [4.69, 9.17) is 17.4 Å². The summed E-state index contributed by atoms with van der Waals surface area (Å²) in [6, 6.07) is 0.272. The number of nitrogens with two attached hydrogens (primary N) is 1. The molecule has 0 bridgehead atoms. The maximum atomic E-state index is 6.55. The summed E-state index contributed by atoms with van der Waals surface area (Å²) in [5, 5.41) is 5.46. The van der Waals surface area contributed by atoms with E-state index in [2.05, 4.69) is 31.3 Å². The number of nitrogens with one attached hydrogen (secondary N) is 1. The van der Waals surface area contributed by atoms with Gasteiger partial charge in [-0.1, -0.05) is 38.3 Å². The summed E-state index contributed by atoms with van der Waals surface area (Å²) in [7, 11) is 0. The van der Waals surface area contributed by atoms with Crippen molar-refractivity contribution in [1.82, 2.24) is 15.2 Å². The highest BCUT2D eigenvalue weighted by atomic mass is 35.5. The normalized spacial score (nSPS) is 19.1. The van der Waals surface area contributed by atoms with Crippen molar-refractivity contribution >= 4 is 11.6 Å². The van der Waals surface area contributed by atoms with Gasteiger partial charge >= 0.3 is 0 Å². The number of halogens is 1. The lowest BCUT2D eigenvalue weighted by Crippen LogP contribution is -2.48. The molecule has 5 heteroatoms. The Labute approximate surface area is 133 Å². The zero-order chi connectivity index (χ0) is 15.5. The van der Waals surface area contributed by atoms with E-state index in [-0.39, 0.29) is 6.04 Å². The van der Waals surface area contributed by atoms with Crippen LogP contribution < -0.4 is 11.3 Å². The molecular weight excluding hydrogens is 284 g/mol. The molecule has 1 atom stereocenters. The first-order chi connectivity index (χ1) is 10.1. The molecule has 120 valence electrons. The second-order valence-corrected chi connectivity index (χ2v) is 6.60. The van der Waals surface area contributed by atoms with E-state index in [0.29, 0.717) is 5.41 Å². The summed E-state index contributed by atoms with van der Waals surface area (Å²) < 4.78 is 2.05. The fourth-order valence-electron chi connectivity index (χ4n) is 3.89. The molecule has 0 aliphatic heterocycles. The molecule has 0 saturated heterocycles. The quantitative estimate of drug-likeness (QED) is 0.599. The van der Waals surface area contributed by atoms with Gasteiger partial charge in [-0.3, -0.25) is 16.0 Å². The van der Waals surface area contributed by atoms with Crippen LogP contribution in [0.25, 0.3) is 0 Å². The Morgan fingerprint density at radius 1 is 1.33 bits per heavy atom. The van der Waals surface area contributed by atoms with E-state index in [1.54, 1.807) is 0 Å². The molecule has 1 unspecified atom stereocenters.